The molecule has 76 valence electrons. The fraction of sp³-hybridized carbons (Fsp3) is 0.167. The maximum absolute atomic E-state index is 11.0. The van der Waals surface area contributed by atoms with Crippen molar-refractivity contribution in [2.75, 3.05) is 6.61 Å². The van der Waals surface area contributed by atoms with Crippen LogP contribution in [0.3, 0.4) is 0 Å². The first-order valence-corrected chi connectivity index (χ1v) is 4.62. The van der Waals surface area contributed by atoms with Crippen molar-refractivity contribution < 1.29 is 9.53 Å². The van der Waals surface area contributed by atoms with Crippen LogP contribution in [0.15, 0.2) is 30.3 Å². The molecule has 0 amide bonds. The maximum Gasteiger partial charge on any atom is 0.330 e. The quantitative estimate of drug-likeness (QED) is 0.556. The van der Waals surface area contributed by atoms with Gasteiger partial charge in [0.1, 0.15) is 0 Å². The van der Waals surface area contributed by atoms with Crippen LogP contribution < -0.4 is 0 Å². The first kappa shape index (κ1) is 11.0. The lowest BCUT2D eigenvalue weighted by molar-refractivity contribution is -0.137. The number of nitriles is 1. The average molecular weight is 201 g/mol. The van der Waals surface area contributed by atoms with Gasteiger partial charge < -0.3 is 4.74 Å². The molecule has 0 saturated heterocycles. The molecule has 3 heteroatoms. The first-order chi connectivity index (χ1) is 7.27. The molecule has 0 N–H and O–H groups in total. The van der Waals surface area contributed by atoms with Gasteiger partial charge in [-0.2, -0.15) is 5.26 Å². The zero-order valence-corrected chi connectivity index (χ0v) is 8.43. The van der Waals surface area contributed by atoms with E-state index >= 15 is 0 Å². The van der Waals surface area contributed by atoms with Gasteiger partial charge in [-0.25, -0.2) is 4.79 Å². The summed E-state index contributed by atoms with van der Waals surface area (Å²) < 4.78 is 4.73. The Morgan fingerprint density at radius 1 is 1.53 bits per heavy atom. The molecule has 0 aliphatic carbocycles. The normalized spacial score (nSPS) is 9.87. The third kappa shape index (κ3) is 3.28. The van der Waals surface area contributed by atoms with Crippen molar-refractivity contribution in [3.8, 4) is 6.07 Å². The number of rotatable bonds is 3. The lowest BCUT2D eigenvalue weighted by Crippen LogP contribution is -1.98. The predicted molar refractivity (Wildman–Crippen MR) is 56.8 cm³/mol. The standard InChI is InChI=1S/C12H11NO2/c1-2-15-12(14)8-7-10-5-3-4-6-11(10)9-13/h3-8H,2H2,1H3. The highest BCUT2D eigenvalue weighted by Gasteiger charge is 1.98. The Bertz CT molecular complexity index is 416. The third-order valence-electron chi connectivity index (χ3n) is 1.77. The van der Waals surface area contributed by atoms with Gasteiger partial charge in [0, 0.05) is 6.08 Å². The van der Waals surface area contributed by atoms with Gasteiger partial charge in [0.25, 0.3) is 0 Å². The SMILES string of the molecule is CCOC(=O)C=Cc1ccccc1C#N. The molecule has 1 rings (SSSR count). The summed E-state index contributed by atoms with van der Waals surface area (Å²) in [4.78, 5) is 11.0. The summed E-state index contributed by atoms with van der Waals surface area (Å²) in [7, 11) is 0. The van der Waals surface area contributed by atoms with Crippen LogP contribution in [0.5, 0.6) is 0 Å². The summed E-state index contributed by atoms with van der Waals surface area (Å²) in [5.74, 6) is -0.398. The minimum Gasteiger partial charge on any atom is -0.463 e. The maximum atomic E-state index is 11.0. The van der Waals surface area contributed by atoms with Gasteiger partial charge in [-0.3, -0.25) is 0 Å². The van der Waals surface area contributed by atoms with Crippen LogP contribution in [-0.4, -0.2) is 12.6 Å². The fourth-order valence-corrected chi connectivity index (χ4v) is 1.09. The van der Waals surface area contributed by atoms with Crippen LogP contribution in [0.2, 0.25) is 0 Å². The van der Waals surface area contributed by atoms with Crippen LogP contribution in [0.4, 0.5) is 0 Å². The number of hydrogen-bond acceptors (Lipinski definition) is 3. The van der Waals surface area contributed by atoms with Gasteiger partial charge in [-0.1, -0.05) is 18.2 Å². The minimum atomic E-state index is -0.398. The van der Waals surface area contributed by atoms with E-state index in [1.165, 1.54) is 6.08 Å². The molecule has 0 heterocycles. The summed E-state index contributed by atoms with van der Waals surface area (Å²) in [6.45, 7) is 2.10. The number of carbonyl (C=O) groups is 1. The third-order valence-corrected chi connectivity index (χ3v) is 1.77. The zero-order chi connectivity index (χ0) is 11.1. The number of esters is 1. The first-order valence-electron chi connectivity index (χ1n) is 4.62. The Kier molecular flexibility index (Phi) is 4.11. The molecule has 0 unspecified atom stereocenters. The van der Waals surface area contributed by atoms with E-state index in [0.717, 1.165) is 0 Å². The van der Waals surface area contributed by atoms with Gasteiger partial charge in [-0.15, -0.1) is 0 Å². The highest BCUT2D eigenvalue weighted by Crippen LogP contribution is 2.09. The topological polar surface area (TPSA) is 50.1 Å². The predicted octanol–water partition coefficient (Wildman–Crippen LogP) is 2.13. The molecule has 15 heavy (non-hydrogen) atoms. The number of ether oxygens (including phenoxy) is 1. The molecule has 0 bridgehead atoms. The van der Waals surface area contributed by atoms with Crippen LogP contribution in [0.1, 0.15) is 18.1 Å². The van der Waals surface area contributed by atoms with Gasteiger partial charge in [0.2, 0.25) is 0 Å². The van der Waals surface area contributed by atoms with Crippen molar-refractivity contribution in [3.05, 3.63) is 41.5 Å². The Balaban J connectivity index is 2.81. The van der Waals surface area contributed by atoms with Gasteiger partial charge in [-0.05, 0) is 24.6 Å². The Morgan fingerprint density at radius 2 is 2.27 bits per heavy atom. The van der Waals surface area contributed by atoms with E-state index < -0.39 is 5.97 Å². The van der Waals surface area contributed by atoms with E-state index in [9.17, 15) is 4.79 Å². The van der Waals surface area contributed by atoms with Crippen molar-refractivity contribution in [2.45, 2.75) is 6.92 Å². The van der Waals surface area contributed by atoms with Crippen molar-refractivity contribution in [3.63, 3.8) is 0 Å². The van der Waals surface area contributed by atoms with E-state index in [4.69, 9.17) is 10.00 Å². The van der Waals surface area contributed by atoms with Crippen molar-refractivity contribution >= 4 is 12.0 Å². The van der Waals surface area contributed by atoms with E-state index in [0.29, 0.717) is 17.7 Å². The van der Waals surface area contributed by atoms with Crippen LogP contribution in [0.25, 0.3) is 6.08 Å². The summed E-state index contributed by atoms with van der Waals surface area (Å²) in [6, 6.07) is 9.11. The molecule has 0 spiro atoms. The largest absolute Gasteiger partial charge is 0.463 e. The number of hydrogen-bond donors (Lipinski definition) is 0. The van der Waals surface area contributed by atoms with Crippen LogP contribution in [-0.2, 0) is 9.53 Å². The number of nitrogens with zero attached hydrogens (tertiary/aromatic N) is 1. The molecule has 0 fully saturated rings. The van der Waals surface area contributed by atoms with Crippen LogP contribution in [0, 0.1) is 11.3 Å². The Labute approximate surface area is 88.6 Å². The molecule has 0 saturated carbocycles. The van der Waals surface area contributed by atoms with E-state index in [1.54, 1.807) is 31.2 Å². The lowest BCUT2D eigenvalue weighted by atomic mass is 10.1. The highest BCUT2D eigenvalue weighted by atomic mass is 16.5. The molecule has 0 aromatic heterocycles. The molecule has 1 aromatic carbocycles. The van der Waals surface area contributed by atoms with E-state index in [2.05, 4.69) is 0 Å². The molecule has 0 radical (unpaired) electrons. The summed E-state index contributed by atoms with van der Waals surface area (Å²) in [5.41, 5.74) is 1.26. The second-order valence-electron chi connectivity index (χ2n) is 2.78. The Morgan fingerprint density at radius 3 is 2.93 bits per heavy atom. The van der Waals surface area contributed by atoms with Crippen molar-refractivity contribution in [1.29, 1.82) is 5.26 Å². The second kappa shape index (κ2) is 5.61. The summed E-state index contributed by atoms with van der Waals surface area (Å²) in [5, 5.41) is 8.79. The summed E-state index contributed by atoms with van der Waals surface area (Å²) in [6.07, 6.45) is 2.90. The molecule has 1 aromatic rings. The Hall–Kier alpha value is -2.08. The summed E-state index contributed by atoms with van der Waals surface area (Å²) >= 11 is 0. The van der Waals surface area contributed by atoms with Gasteiger partial charge in [0.05, 0.1) is 18.2 Å². The number of benzene rings is 1. The molecular formula is C12H11NO2. The minimum absolute atomic E-state index is 0.350. The van der Waals surface area contributed by atoms with Crippen LogP contribution >= 0.6 is 0 Å². The van der Waals surface area contributed by atoms with E-state index in [-0.39, 0.29) is 0 Å². The molecule has 0 aliphatic heterocycles. The molecular weight excluding hydrogens is 190 g/mol. The molecule has 0 atom stereocenters. The number of carbonyl (C=O) groups excluding carboxylic acids is 1. The second-order valence-corrected chi connectivity index (χ2v) is 2.78. The van der Waals surface area contributed by atoms with Gasteiger partial charge >= 0.3 is 5.97 Å². The van der Waals surface area contributed by atoms with Crippen molar-refractivity contribution in [1.82, 2.24) is 0 Å². The molecule has 0 aliphatic rings. The monoisotopic (exact) mass is 201 g/mol. The fourth-order valence-electron chi connectivity index (χ4n) is 1.09. The smallest absolute Gasteiger partial charge is 0.330 e. The van der Waals surface area contributed by atoms with Gasteiger partial charge in [0.15, 0.2) is 0 Å². The zero-order valence-electron chi connectivity index (χ0n) is 8.43. The van der Waals surface area contributed by atoms with E-state index in [1.807, 2.05) is 12.1 Å². The average Bonchev–Trinajstić information content (AvgIpc) is 2.27. The lowest BCUT2D eigenvalue weighted by Gasteiger charge is -1.97. The highest BCUT2D eigenvalue weighted by molar-refractivity contribution is 5.87. The molecule has 3 nitrogen and oxygen atoms in total. The van der Waals surface area contributed by atoms with Crippen molar-refractivity contribution in [2.24, 2.45) is 0 Å².